The lowest BCUT2D eigenvalue weighted by Gasteiger charge is -2.51. The molecule has 2 heteroatoms. The van der Waals surface area contributed by atoms with Crippen LogP contribution in [0.1, 0.15) is 60.8 Å². The molecule has 17 heavy (non-hydrogen) atoms. The Morgan fingerprint density at radius 3 is 2.18 bits per heavy atom. The van der Waals surface area contributed by atoms with E-state index < -0.39 is 0 Å². The van der Waals surface area contributed by atoms with Crippen molar-refractivity contribution in [3.05, 3.63) is 12.3 Å². The van der Waals surface area contributed by atoms with Crippen LogP contribution >= 0.6 is 0 Å². The average Bonchev–Trinajstić information content (AvgIpc) is 2.33. The molecule has 98 valence electrons. The molecule has 0 aliphatic carbocycles. The first-order chi connectivity index (χ1) is 8.00. The second-order valence-corrected chi connectivity index (χ2v) is 5.54. The Bertz CT molecular complexity index is 292. The van der Waals surface area contributed by atoms with E-state index in [4.69, 9.17) is 4.99 Å². The molecule has 0 spiro atoms. The highest BCUT2D eigenvalue weighted by molar-refractivity contribution is 5.89. The molecule has 1 fully saturated rings. The van der Waals surface area contributed by atoms with Gasteiger partial charge >= 0.3 is 0 Å². The van der Waals surface area contributed by atoms with E-state index in [0.717, 1.165) is 12.8 Å². The number of aliphatic imine (C=N–C) groups is 1. The van der Waals surface area contributed by atoms with Crippen LogP contribution in [0.25, 0.3) is 0 Å². The number of rotatable bonds is 4. The number of hydrogen-bond donors (Lipinski definition) is 0. The van der Waals surface area contributed by atoms with Gasteiger partial charge in [-0.05, 0) is 40.0 Å². The topological polar surface area (TPSA) is 15.6 Å². The van der Waals surface area contributed by atoms with Crippen LogP contribution in [0.3, 0.4) is 0 Å². The van der Waals surface area contributed by atoms with Gasteiger partial charge in [0.2, 0.25) is 0 Å². The minimum absolute atomic E-state index is 0.211. The summed E-state index contributed by atoms with van der Waals surface area (Å²) in [7, 11) is 0. The molecule has 1 rings (SSSR count). The van der Waals surface area contributed by atoms with Crippen molar-refractivity contribution in [2.75, 3.05) is 0 Å². The summed E-state index contributed by atoms with van der Waals surface area (Å²) in [4.78, 5) is 7.25. The summed E-state index contributed by atoms with van der Waals surface area (Å²) in [5.41, 5.74) is 0.211. The van der Waals surface area contributed by atoms with Crippen LogP contribution in [0.5, 0.6) is 0 Å². The Morgan fingerprint density at radius 1 is 1.29 bits per heavy atom. The first-order valence-corrected chi connectivity index (χ1v) is 6.98. The van der Waals surface area contributed by atoms with Gasteiger partial charge in [0, 0.05) is 23.7 Å². The quantitative estimate of drug-likeness (QED) is 0.527. The molecule has 0 saturated carbocycles. The predicted molar refractivity (Wildman–Crippen MR) is 76.3 cm³/mol. The van der Waals surface area contributed by atoms with E-state index in [2.05, 4.69) is 39.5 Å². The third kappa shape index (κ3) is 2.72. The number of hydrogen-bond acceptors (Lipinski definition) is 1. The Hall–Kier alpha value is -0.790. The monoisotopic (exact) mass is 236 g/mol. The molecule has 1 aliphatic heterocycles. The van der Waals surface area contributed by atoms with E-state index in [-0.39, 0.29) is 5.41 Å². The SMILES string of the molecule is C/C=C\N=C(/N1C(C)CC1C)C(C)(CC)CC. The van der Waals surface area contributed by atoms with Crippen molar-refractivity contribution in [1.82, 2.24) is 4.90 Å². The number of amidine groups is 1. The fourth-order valence-corrected chi connectivity index (χ4v) is 2.68. The zero-order chi connectivity index (χ0) is 13.1. The molecule has 2 atom stereocenters. The highest BCUT2D eigenvalue weighted by Crippen LogP contribution is 2.36. The van der Waals surface area contributed by atoms with Crippen LogP contribution < -0.4 is 0 Å². The zero-order valence-corrected chi connectivity index (χ0v) is 12.3. The maximum Gasteiger partial charge on any atom is 0.110 e. The summed E-state index contributed by atoms with van der Waals surface area (Å²) < 4.78 is 0. The van der Waals surface area contributed by atoms with Crippen LogP contribution in [-0.4, -0.2) is 22.8 Å². The molecule has 1 saturated heterocycles. The molecule has 0 bridgehead atoms. The first kappa shape index (κ1) is 14.3. The van der Waals surface area contributed by atoms with Crippen molar-refractivity contribution in [2.24, 2.45) is 10.4 Å². The zero-order valence-electron chi connectivity index (χ0n) is 12.3. The summed E-state index contributed by atoms with van der Waals surface area (Å²) in [5, 5.41) is 0. The standard InChI is InChI=1S/C15H28N2/c1-7-10-16-14(15(6,8-2)9-3)17-12(4)11-13(17)5/h7,10,12-13H,8-9,11H2,1-6H3/b10-7-,16-14-. The van der Waals surface area contributed by atoms with Crippen LogP contribution in [0.15, 0.2) is 17.3 Å². The highest BCUT2D eigenvalue weighted by Gasteiger charge is 2.40. The molecule has 0 amide bonds. The average molecular weight is 236 g/mol. The third-order valence-electron chi connectivity index (χ3n) is 4.32. The summed E-state index contributed by atoms with van der Waals surface area (Å²) in [6.45, 7) is 13.5. The lowest BCUT2D eigenvalue weighted by molar-refractivity contribution is 0.105. The van der Waals surface area contributed by atoms with Gasteiger partial charge in [0.1, 0.15) is 5.84 Å². The van der Waals surface area contributed by atoms with E-state index in [9.17, 15) is 0 Å². The van der Waals surface area contributed by atoms with Gasteiger partial charge in [-0.25, -0.2) is 4.99 Å². The Labute approximate surface area is 107 Å². The number of likely N-dealkylation sites (tertiary alicyclic amines) is 1. The highest BCUT2D eigenvalue weighted by atomic mass is 15.3. The molecule has 2 nitrogen and oxygen atoms in total. The second kappa shape index (κ2) is 5.70. The maximum atomic E-state index is 4.74. The summed E-state index contributed by atoms with van der Waals surface area (Å²) in [6, 6.07) is 1.29. The van der Waals surface area contributed by atoms with Crippen LogP contribution in [0.2, 0.25) is 0 Å². The van der Waals surface area contributed by atoms with Crippen molar-refractivity contribution < 1.29 is 0 Å². The predicted octanol–water partition coefficient (Wildman–Crippen LogP) is 4.23. The van der Waals surface area contributed by atoms with Gasteiger partial charge in [-0.3, -0.25) is 0 Å². The van der Waals surface area contributed by atoms with Gasteiger partial charge < -0.3 is 4.90 Å². The van der Waals surface area contributed by atoms with Crippen molar-refractivity contribution in [2.45, 2.75) is 72.9 Å². The molecule has 1 aliphatic rings. The molecular weight excluding hydrogens is 208 g/mol. The van der Waals surface area contributed by atoms with E-state index in [1.807, 2.05) is 19.2 Å². The minimum Gasteiger partial charge on any atom is -0.354 e. The van der Waals surface area contributed by atoms with E-state index in [1.54, 1.807) is 0 Å². The van der Waals surface area contributed by atoms with Crippen LogP contribution in [-0.2, 0) is 0 Å². The van der Waals surface area contributed by atoms with Crippen molar-refractivity contribution in [3.8, 4) is 0 Å². The molecule has 2 unspecified atom stereocenters. The summed E-state index contributed by atoms with van der Waals surface area (Å²) in [6.07, 6.45) is 7.54. The minimum atomic E-state index is 0.211. The lowest BCUT2D eigenvalue weighted by Crippen LogP contribution is -2.59. The molecule has 0 aromatic rings. The van der Waals surface area contributed by atoms with E-state index in [1.165, 1.54) is 12.3 Å². The van der Waals surface area contributed by atoms with Crippen molar-refractivity contribution in [3.63, 3.8) is 0 Å². The number of nitrogens with zero attached hydrogens (tertiary/aromatic N) is 2. The maximum absolute atomic E-state index is 4.74. The molecule has 0 radical (unpaired) electrons. The summed E-state index contributed by atoms with van der Waals surface area (Å²) >= 11 is 0. The molecule has 0 aromatic carbocycles. The molecule has 0 aromatic heterocycles. The summed E-state index contributed by atoms with van der Waals surface area (Å²) in [5.74, 6) is 1.28. The molecular formula is C15H28N2. The van der Waals surface area contributed by atoms with Gasteiger partial charge in [-0.15, -0.1) is 0 Å². The fourth-order valence-electron chi connectivity index (χ4n) is 2.68. The van der Waals surface area contributed by atoms with Gasteiger partial charge in [-0.2, -0.15) is 0 Å². The molecule has 0 N–H and O–H groups in total. The van der Waals surface area contributed by atoms with E-state index >= 15 is 0 Å². The second-order valence-electron chi connectivity index (χ2n) is 5.54. The van der Waals surface area contributed by atoms with Crippen molar-refractivity contribution >= 4 is 5.84 Å². The fraction of sp³-hybridized carbons (Fsp3) is 0.800. The Balaban J connectivity index is 3.03. The van der Waals surface area contributed by atoms with E-state index in [0.29, 0.717) is 12.1 Å². The van der Waals surface area contributed by atoms with Gasteiger partial charge in [0.05, 0.1) is 0 Å². The van der Waals surface area contributed by atoms with Crippen molar-refractivity contribution in [1.29, 1.82) is 0 Å². The normalized spacial score (nSPS) is 26.5. The Kier molecular flexibility index (Phi) is 4.79. The number of allylic oxidation sites excluding steroid dienone is 1. The largest absolute Gasteiger partial charge is 0.354 e. The third-order valence-corrected chi connectivity index (χ3v) is 4.32. The lowest BCUT2D eigenvalue weighted by atomic mass is 9.79. The molecule has 1 heterocycles. The van der Waals surface area contributed by atoms with Crippen LogP contribution in [0, 0.1) is 5.41 Å². The first-order valence-electron chi connectivity index (χ1n) is 6.98. The van der Waals surface area contributed by atoms with Crippen LogP contribution in [0.4, 0.5) is 0 Å². The van der Waals surface area contributed by atoms with Gasteiger partial charge in [-0.1, -0.05) is 26.8 Å². The Morgan fingerprint density at radius 2 is 1.82 bits per heavy atom. The van der Waals surface area contributed by atoms with Gasteiger partial charge in [0.25, 0.3) is 0 Å². The smallest absolute Gasteiger partial charge is 0.110 e. The van der Waals surface area contributed by atoms with Gasteiger partial charge in [0.15, 0.2) is 0 Å².